The summed E-state index contributed by atoms with van der Waals surface area (Å²) < 4.78 is 4.45. The van der Waals surface area contributed by atoms with E-state index < -0.39 is 0 Å². The summed E-state index contributed by atoms with van der Waals surface area (Å²) in [4.78, 5) is 37.0. The van der Waals surface area contributed by atoms with Crippen molar-refractivity contribution in [2.45, 2.75) is 0 Å². The van der Waals surface area contributed by atoms with Crippen LogP contribution in [0.4, 0.5) is 0 Å². The molecule has 0 spiro atoms. The van der Waals surface area contributed by atoms with Crippen LogP contribution in [-0.4, -0.2) is 49.0 Å². The maximum absolute atomic E-state index is 11.1. The van der Waals surface area contributed by atoms with Gasteiger partial charge in [0, 0.05) is 98.9 Å². The Morgan fingerprint density at radius 2 is 0.697 bits per heavy atom. The smallest absolute Gasteiger partial charge is 0.159 e. The lowest BCUT2D eigenvalue weighted by Crippen LogP contribution is -2.06. The topological polar surface area (TPSA) is 161 Å². The standard InChI is InChI=1S/C54H30N12/c55-31-33-6-1-7-34(24-33)44-30-50(66-47-27-37(53-61-20-4-21-62-53)10-14-42(47)43-15-11-38(28-48(43)66)54-63-22-5-23-64-54)49(29-39(44)32-56)65-45-25-35(51-57-16-2-17-58-51)8-12-40(45)41-13-9-36(26-46(41)65)52-59-18-3-19-60-52/h1-30H. The molecule has 12 heteroatoms. The van der Waals surface area contributed by atoms with Crippen molar-refractivity contribution in [1.29, 1.82) is 10.5 Å². The summed E-state index contributed by atoms with van der Waals surface area (Å²) in [6, 6.07) is 48.4. The maximum Gasteiger partial charge on any atom is 0.159 e. The van der Waals surface area contributed by atoms with E-state index in [1.165, 1.54) is 0 Å². The van der Waals surface area contributed by atoms with E-state index in [1.807, 2.05) is 48.5 Å². The Morgan fingerprint density at radius 1 is 0.333 bits per heavy atom. The lowest BCUT2D eigenvalue weighted by atomic mass is 9.96. The Labute approximate surface area is 376 Å². The van der Waals surface area contributed by atoms with Crippen molar-refractivity contribution < 1.29 is 0 Å². The van der Waals surface area contributed by atoms with Crippen molar-refractivity contribution in [3.8, 4) is 80.2 Å². The second-order valence-corrected chi connectivity index (χ2v) is 15.6. The van der Waals surface area contributed by atoms with Gasteiger partial charge >= 0.3 is 0 Å². The Kier molecular flexibility index (Phi) is 8.93. The van der Waals surface area contributed by atoms with Crippen LogP contribution < -0.4 is 0 Å². The molecule has 0 aliphatic carbocycles. The molecule has 0 saturated heterocycles. The van der Waals surface area contributed by atoms with Gasteiger partial charge < -0.3 is 9.13 Å². The summed E-state index contributed by atoms with van der Waals surface area (Å²) in [7, 11) is 0. The highest BCUT2D eigenvalue weighted by molar-refractivity contribution is 6.13. The summed E-state index contributed by atoms with van der Waals surface area (Å²) in [5.41, 5.74) is 10.5. The van der Waals surface area contributed by atoms with Gasteiger partial charge in [-0.1, -0.05) is 60.7 Å². The molecule has 0 radical (unpaired) electrons. The van der Waals surface area contributed by atoms with Gasteiger partial charge in [-0.05, 0) is 78.4 Å². The zero-order valence-electron chi connectivity index (χ0n) is 34.7. The summed E-state index contributed by atoms with van der Waals surface area (Å²) >= 11 is 0. The zero-order valence-corrected chi connectivity index (χ0v) is 34.7. The first-order valence-electron chi connectivity index (χ1n) is 21.0. The lowest BCUT2D eigenvalue weighted by Gasteiger charge is -2.20. The Balaban J connectivity index is 1.26. The molecule has 0 atom stereocenters. The Bertz CT molecular complexity index is 3750. The first-order chi connectivity index (χ1) is 32.6. The highest BCUT2D eigenvalue weighted by Gasteiger charge is 2.24. The average molecular weight is 847 g/mol. The summed E-state index contributed by atoms with van der Waals surface area (Å²) in [6.07, 6.45) is 13.9. The third-order valence-electron chi connectivity index (χ3n) is 11.9. The van der Waals surface area contributed by atoms with Crippen molar-refractivity contribution in [2.75, 3.05) is 0 Å². The summed E-state index contributed by atoms with van der Waals surface area (Å²) in [5, 5.41) is 25.1. The molecule has 0 aliphatic rings. The van der Waals surface area contributed by atoms with Crippen LogP contribution in [0.3, 0.4) is 0 Å². The molecule has 0 unspecified atom stereocenters. The molecule has 66 heavy (non-hydrogen) atoms. The summed E-state index contributed by atoms with van der Waals surface area (Å²) in [6.45, 7) is 0. The number of hydrogen-bond donors (Lipinski definition) is 0. The van der Waals surface area contributed by atoms with E-state index in [2.05, 4.69) is 116 Å². The van der Waals surface area contributed by atoms with Gasteiger partial charge in [-0.15, -0.1) is 0 Å². The molecule has 306 valence electrons. The molecular formula is C54H30N12. The van der Waals surface area contributed by atoms with Gasteiger partial charge in [0.25, 0.3) is 0 Å². The van der Waals surface area contributed by atoms with Crippen LogP contribution in [0.2, 0.25) is 0 Å². The van der Waals surface area contributed by atoms with Crippen molar-refractivity contribution in [2.24, 2.45) is 0 Å². The van der Waals surface area contributed by atoms with Gasteiger partial charge in [-0.3, -0.25) is 0 Å². The number of nitrogens with zero attached hydrogens (tertiary/aromatic N) is 12. The third kappa shape index (κ3) is 6.29. The van der Waals surface area contributed by atoms with Crippen LogP contribution in [0.15, 0.2) is 183 Å². The van der Waals surface area contributed by atoms with Gasteiger partial charge in [0.1, 0.15) is 0 Å². The van der Waals surface area contributed by atoms with Crippen LogP contribution in [0, 0.1) is 22.7 Å². The molecule has 0 amide bonds. The fourth-order valence-corrected chi connectivity index (χ4v) is 8.93. The predicted molar refractivity (Wildman–Crippen MR) is 254 cm³/mol. The SMILES string of the molecule is N#Cc1cccc(-c2cc(-n3c4cc(-c5ncccn5)ccc4c4ccc(-c5ncccn5)cc43)c(-n3c4cc(-c5ncccn5)ccc4c4ccc(-c5ncccn5)cc43)cc2C#N)c1. The Hall–Kier alpha value is -9.78. The van der Waals surface area contributed by atoms with Gasteiger partial charge in [-0.2, -0.15) is 10.5 Å². The van der Waals surface area contributed by atoms with Crippen molar-refractivity contribution >= 4 is 43.6 Å². The molecule has 0 bridgehead atoms. The third-order valence-corrected chi connectivity index (χ3v) is 11.9. The van der Waals surface area contributed by atoms with Gasteiger partial charge in [0.05, 0.1) is 56.7 Å². The molecule has 0 aliphatic heterocycles. The van der Waals surface area contributed by atoms with Crippen molar-refractivity contribution in [1.82, 2.24) is 49.0 Å². The van der Waals surface area contributed by atoms with E-state index in [9.17, 15) is 10.5 Å². The van der Waals surface area contributed by atoms with Crippen LogP contribution in [-0.2, 0) is 0 Å². The molecule has 12 rings (SSSR count). The second kappa shape index (κ2) is 15.5. The van der Waals surface area contributed by atoms with Crippen LogP contribution in [0.25, 0.3) is 112 Å². The zero-order chi connectivity index (χ0) is 44.1. The van der Waals surface area contributed by atoms with E-state index >= 15 is 0 Å². The number of aromatic nitrogens is 10. The number of nitriles is 2. The minimum Gasteiger partial charge on any atom is -0.307 e. The highest BCUT2D eigenvalue weighted by Crippen LogP contribution is 2.43. The van der Waals surface area contributed by atoms with Crippen molar-refractivity contribution in [3.63, 3.8) is 0 Å². The molecule has 0 N–H and O–H groups in total. The Morgan fingerprint density at radius 3 is 1.05 bits per heavy atom. The number of hydrogen-bond acceptors (Lipinski definition) is 10. The quantitative estimate of drug-likeness (QED) is 0.151. The van der Waals surface area contributed by atoms with E-state index in [4.69, 9.17) is 0 Å². The van der Waals surface area contributed by atoms with Gasteiger partial charge in [0.15, 0.2) is 23.3 Å². The highest BCUT2D eigenvalue weighted by atomic mass is 15.1. The molecule has 0 fully saturated rings. The van der Waals surface area contributed by atoms with E-state index in [0.717, 1.165) is 77.1 Å². The minimum atomic E-state index is 0.418. The molecular weight excluding hydrogens is 817 g/mol. The number of benzene rings is 6. The molecule has 12 nitrogen and oxygen atoms in total. The molecule has 6 heterocycles. The number of rotatable bonds is 7. The lowest BCUT2D eigenvalue weighted by molar-refractivity contribution is 1.09. The van der Waals surface area contributed by atoms with E-state index in [0.29, 0.717) is 45.7 Å². The van der Waals surface area contributed by atoms with Gasteiger partial charge in [-0.25, -0.2) is 39.9 Å². The van der Waals surface area contributed by atoms with Gasteiger partial charge in [0.2, 0.25) is 0 Å². The van der Waals surface area contributed by atoms with Crippen LogP contribution in [0.5, 0.6) is 0 Å². The minimum absolute atomic E-state index is 0.418. The largest absolute Gasteiger partial charge is 0.307 e. The first kappa shape index (κ1) is 37.9. The second-order valence-electron chi connectivity index (χ2n) is 15.6. The molecule has 6 aromatic heterocycles. The molecule has 12 aromatic rings. The normalized spacial score (nSPS) is 11.3. The number of fused-ring (bicyclic) bond motifs is 6. The predicted octanol–water partition coefficient (Wildman–Crippen LogP) is 11.1. The van der Waals surface area contributed by atoms with Crippen molar-refractivity contribution in [3.05, 3.63) is 194 Å². The fourth-order valence-electron chi connectivity index (χ4n) is 8.93. The maximum atomic E-state index is 11.1. The van der Waals surface area contributed by atoms with E-state index in [1.54, 1.807) is 79.9 Å². The monoisotopic (exact) mass is 846 g/mol. The average Bonchev–Trinajstić information content (AvgIpc) is 3.90. The first-order valence-corrected chi connectivity index (χ1v) is 21.0. The molecule has 0 saturated carbocycles. The fraction of sp³-hybridized carbons (Fsp3) is 0. The van der Waals surface area contributed by atoms with Crippen LogP contribution >= 0.6 is 0 Å². The van der Waals surface area contributed by atoms with Crippen LogP contribution in [0.1, 0.15) is 11.1 Å². The molecule has 6 aromatic carbocycles. The van der Waals surface area contributed by atoms with E-state index in [-0.39, 0.29) is 0 Å². The summed E-state index contributed by atoms with van der Waals surface area (Å²) in [5.74, 6) is 2.32.